The molecule has 1 aromatic carbocycles. The van der Waals surface area contributed by atoms with Crippen molar-refractivity contribution in [1.29, 1.82) is 0 Å². The van der Waals surface area contributed by atoms with Gasteiger partial charge in [0, 0.05) is 37.9 Å². The second-order valence-electron chi connectivity index (χ2n) is 8.13. The topological polar surface area (TPSA) is 110 Å². The van der Waals surface area contributed by atoms with Gasteiger partial charge in [0.1, 0.15) is 0 Å². The van der Waals surface area contributed by atoms with Crippen molar-refractivity contribution < 1.29 is 13.2 Å². The number of aromatic nitrogens is 4. The van der Waals surface area contributed by atoms with Crippen LogP contribution in [0.1, 0.15) is 49.3 Å². The molecule has 1 fully saturated rings. The molecular weight excluding hydrogens is 416 g/mol. The van der Waals surface area contributed by atoms with Gasteiger partial charge < -0.3 is 10.2 Å². The molecule has 0 radical (unpaired) electrons. The molecule has 9 nitrogen and oxygen atoms in total. The number of likely N-dealkylation sites (tertiary alicyclic amines) is 1. The number of anilines is 1. The van der Waals surface area contributed by atoms with E-state index in [0.29, 0.717) is 31.1 Å². The van der Waals surface area contributed by atoms with Gasteiger partial charge in [-0.15, -0.1) is 0 Å². The Kier molecular flexibility index (Phi) is 5.65. The fourth-order valence-electron chi connectivity index (χ4n) is 3.70. The van der Waals surface area contributed by atoms with Gasteiger partial charge in [-0.05, 0) is 23.5 Å². The van der Waals surface area contributed by atoms with Gasteiger partial charge in [0.2, 0.25) is 21.7 Å². The van der Waals surface area contributed by atoms with E-state index in [0.717, 1.165) is 35.9 Å². The summed E-state index contributed by atoms with van der Waals surface area (Å²) in [6.07, 6.45) is 4.28. The molecule has 3 heterocycles. The quantitative estimate of drug-likeness (QED) is 0.598. The van der Waals surface area contributed by atoms with Crippen LogP contribution in [0, 0.1) is 0 Å². The van der Waals surface area contributed by atoms with E-state index in [-0.39, 0.29) is 17.0 Å². The van der Waals surface area contributed by atoms with E-state index in [1.54, 1.807) is 6.20 Å². The maximum Gasteiger partial charge on any atom is 0.252 e. The van der Waals surface area contributed by atoms with Gasteiger partial charge in [0.05, 0.1) is 6.20 Å². The van der Waals surface area contributed by atoms with Crippen molar-refractivity contribution in [3.63, 3.8) is 0 Å². The summed E-state index contributed by atoms with van der Waals surface area (Å²) in [7, 11) is -3.60. The molecule has 0 unspecified atom stereocenters. The summed E-state index contributed by atoms with van der Waals surface area (Å²) >= 11 is 0. The smallest absolute Gasteiger partial charge is 0.252 e. The van der Waals surface area contributed by atoms with Crippen LogP contribution in [0.25, 0.3) is 5.65 Å². The first-order valence-electron chi connectivity index (χ1n) is 10.3. The number of hydrogen-bond donors (Lipinski definition) is 1. The third-order valence-corrected chi connectivity index (χ3v) is 6.26. The Balaban J connectivity index is 1.66. The predicted molar refractivity (Wildman–Crippen MR) is 116 cm³/mol. The molecule has 3 aromatic rings. The highest BCUT2D eigenvalue weighted by molar-refractivity contribution is 7.90. The highest BCUT2D eigenvalue weighted by atomic mass is 32.2. The van der Waals surface area contributed by atoms with Gasteiger partial charge >= 0.3 is 0 Å². The molecule has 1 aliphatic rings. The Morgan fingerprint density at radius 2 is 1.90 bits per heavy atom. The molecule has 0 aliphatic carbocycles. The Morgan fingerprint density at radius 3 is 2.55 bits per heavy atom. The minimum atomic E-state index is -3.60. The lowest BCUT2D eigenvalue weighted by molar-refractivity contribution is -0.128. The molecule has 31 heavy (non-hydrogen) atoms. The average Bonchev–Trinajstić information content (AvgIpc) is 3.32. The van der Waals surface area contributed by atoms with E-state index in [4.69, 9.17) is 0 Å². The Hall–Kier alpha value is -3.01. The number of hydrogen-bond acceptors (Lipinski definition) is 7. The zero-order valence-corrected chi connectivity index (χ0v) is 18.7. The Bertz CT molecular complexity index is 1240. The number of rotatable bonds is 7. The van der Waals surface area contributed by atoms with Crippen LogP contribution in [0.4, 0.5) is 5.95 Å². The van der Waals surface area contributed by atoms with Crippen LogP contribution in [0.3, 0.4) is 0 Å². The minimum Gasteiger partial charge on any atom is -0.350 e. The van der Waals surface area contributed by atoms with Crippen LogP contribution in [-0.2, 0) is 27.7 Å². The summed E-state index contributed by atoms with van der Waals surface area (Å²) in [4.78, 5) is 22.4. The molecule has 0 bridgehead atoms. The molecule has 4 rings (SSSR count). The van der Waals surface area contributed by atoms with Gasteiger partial charge in [0.25, 0.3) is 5.16 Å². The average molecular weight is 443 g/mol. The van der Waals surface area contributed by atoms with E-state index in [1.807, 2.05) is 43.0 Å². The summed E-state index contributed by atoms with van der Waals surface area (Å²) in [5.74, 6) is 0.617. The van der Waals surface area contributed by atoms with Crippen molar-refractivity contribution in [3.05, 3.63) is 47.2 Å². The maximum atomic E-state index is 12.2. The third-order valence-electron chi connectivity index (χ3n) is 5.42. The first-order valence-corrected chi connectivity index (χ1v) is 12.2. The molecule has 1 aliphatic heterocycles. The van der Waals surface area contributed by atoms with Crippen LogP contribution < -0.4 is 5.32 Å². The number of amides is 1. The number of nitrogens with one attached hydrogen (secondary N) is 1. The van der Waals surface area contributed by atoms with E-state index >= 15 is 0 Å². The SMILES string of the molecule is CC(C)c1cnn2c(NCc3ccccc3CN3CCCC3=O)nc(S(C)(=O)=O)nc12. The van der Waals surface area contributed by atoms with Crippen LogP contribution >= 0.6 is 0 Å². The molecule has 0 atom stereocenters. The molecule has 10 heteroatoms. The number of fused-ring (bicyclic) bond motifs is 1. The lowest BCUT2D eigenvalue weighted by Crippen LogP contribution is -2.24. The van der Waals surface area contributed by atoms with Crippen LogP contribution in [0.15, 0.2) is 35.6 Å². The molecule has 0 saturated carbocycles. The van der Waals surface area contributed by atoms with Crippen molar-refractivity contribution in [2.75, 3.05) is 18.1 Å². The molecular formula is C21H26N6O3S. The predicted octanol–water partition coefficient (Wildman–Crippen LogP) is 2.39. The maximum absolute atomic E-state index is 12.2. The van der Waals surface area contributed by atoms with Gasteiger partial charge in [-0.2, -0.15) is 19.6 Å². The summed E-state index contributed by atoms with van der Waals surface area (Å²) in [6.45, 7) is 5.74. The largest absolute Gasteiger partial charge is 0.350 e. The summed E-state index contributed by atoms with van der Waals surface area (Å²) in [5.41, 5.74) is 3.38. The fourth-order valence-corrected chi connectivity index (χ4v) is 4.20. The monoisotopic (exact) mass is 442 g/mol. The van der Waals surface area contributed by atoms with Crippen molar-refractivity contribution in [3.8, 4) is 0 Å². The second-order valence-corrected chi connectivity index (χ2v) is 10.0. The van der Waals surface area contributed by atoms with Gasteiger partial charge in [-0.3, -0.25) is 4.79 Å². The van der Waals surface area contributed by atoms with Crippen molar-refractivity contribution in [1.82, 2.24) is 24.5 Å². The first-order chi connectivity index (χ1) is 14.7. The number of carbonyl (C=O) groups is 1. The lowest BCUT2D eigenvalue weighted by atomic mass is 10.1. The highest BCUT2D eigenvalue weighted by Gasteiger charge is 2.22. The minimum absolute atomic E-state index is 0.131. The zero-order valence-electron chi connectivity index (χ0n) is 17.9. The van der Waals surface area contributed by atoms with E-state index in [1.165, 1.54) is 4.52 Å². The third kappa shape index (κ3) is 4.39. The fraction of sp³-hybridized carbons (Fsp3) is 0.429. The van der Waals surface area contributed by atoms with E-state index < -0.39 is 9.84 Å². The highest BCUT2D eigenvalue weighted by Crippen LogP contribution is 2.23. The number of benzene rings is 1. The van der Waals surface area contributed by atoms with Crippen LogP contribution in [0.5, 0.6) is 0 Å². The van der Waals surface area contributed by atoms with Gasteiger partial charge in [-0.1, -0.05) is 38.1 Å². The summed E-state index contributed by atoms with van der Waals surface area (Å²) in [6, 6.07) is 7.88. The second kappa shape index (κ2) is 8.26. The number of nitrogens with zero attached hydrogens (tertiary/aromatic N) is 5. The number of carbonyl (C=O) groups excluding carboxylic acids is 1. The molecule has 2 aromatic heterocycles. The summed E-state index contributed by atoms with van der Waals surface area (Å²) < 4.78 is 25.9. The molecule has 0 spiro atoms. The number of sulfone groups is 1. The van der Waals surface area contributed by atoms with Gasteiger partial charge in [0.15, 0.2) is 5.65 Å². The molecule has 1 N–H and O–H groups in total. The summed E-state index contributed by atoms with van der Waals surface area (Å²) in [5, 5.41) is 7.36. The zero-order chi connectivity index (χ0) is 22.2. The standard InChI is InChI=1S/C21H26N6O3S/c1-14(2)17-12-23-27-19(17)24-21(31(3,29)30)25-20(27)22-11-15-7-4-5-8-16(15)13-26-10-6-9-18(26)28/h4-5,7-8,12,14H,6,9-11,13H2,1-3H3,(H,22,24,25). The van der Waals surface area contributed by atoms with Crippen LogP contribution in [0.2, 0.25) is 0 Å². The molecule has 1 saturated heterocycles. The lowest BCUT2D eigenvalue weighted by Gasteiger charge is -2.18. The Morgan fingerprint density at radius 1 is 1.16 bits per heavy atom. The van der Waals surface area contributed by atoms with Crippen LogP contribution in [-0.4, -0.2) is 51.6 Å². The van der Waals surface area contributed by atoms with Crippen molar-refractivity contribution in [2.45, 2.75) is 50.9 Å². The van der Waals surface area contributed by atoms with E-state index in [9.17, 15) is 13.2 Å². The Labute approximate surface area is 181 Å². The van der Waals surface area contributed by atoms with Crippen molar-refractivity contribution in [2.24, 2.45) is 0 Å². The van der Waals surface area contributed by atoms with Gasteiger partial charge in [-0.25, -0.2) is 8.42 Å². The first kappa shape index (κ1) is 21.2. The molecule has 1 amide bonds. The van der Waals surface area contributed by atoms with Crippen molar-refractivity contribution >= 4 is 27.3 Å². The normalized spacial score (nSPS) is 14.7. The van der Waals surface area contributed by atoms with E-state index in [2.05, 4.69) is 20.4 Å². The molecule has 164 valence electrons.